The summed E-state index contributed by atoms with van der Waals surface area (Å²) in [7, 11) is 0. The molecule has 0 amide bonds. The minimum absolute atomic E-state index is 0.731. The highest BCUT2D eigenvalue weighted by atomic mass is 14.9. The van der Waals surface area contributed by atoms with Crippen molar-refractivity contribution in [2.45, 2.75) is 70.4 Å². The van der Waals surface area contributed by atoms with Crippen molar-refractivity contribution in [3.63, 3.8) is 0 Å². The molecule has 2 rings (SSSR count). The monoisotopic (exact) mass is 224 g/mol. The molecule has 2 aliphatic rings. The van der Waals surface area contributed by atoms with Crippen molar-refractivity contribution in [3.8, 4) is 0 Å². The van der Waals surface area contributed by atoms with E-state index in [4.69, 9.17) is 0 Å². The number of piperidine rings is 1. The summed E-state index contributed by atoms with van der Waals surface area (Å²) in [5, 5.41) is 7.36. The molecule has 2 fully saturated rings. The Kier molecular flexibility index (Phi) is 5.11. The highest BCUT2D eigenvalue weighted by molar-refractivity contribution is 4.79. The summed E-state index contributed by atoms with van der Waals surface area (Å²) in [5.74, 6) is 0.916. The molecule has 2 atom stereocenters. The van der Waals surface area contributed by atoms with E-state index in [2.05, 4.69) is 17.6 Å². The first-order valence-electron chi connectivity index (χ1n) is 7.31. The van der Waals surface area contributed by atoms with Crippen molar-refractivity contribution in [3.05, 3.63) is 0 Å². The summed E-state index contributed by atoms with van der Waals surface area (Å²) in [6.45, 7) is 4.80. The molecule has 2 N–H and O–H groups in total. The lowest BCUT2D eigenvalue weighted by Gasteiger charge is -2.29. The van der Waals surface area contributed by atoms with Crippen LogP contribution in [-0.2, 0) is 0 Å². The fourth-order valence-electron chi connectivity index (χ4n) is 3.24. The topological polar surface area (TPSA) is 24.1 Å². The molecule has 1 saturated carbocycles. The summed E-state index contributed by atoms with van der Waals surface area (Å²) >= 11 is 0. The first-order valence-corrected chi connectivity index (χ1v) is 7.31. The zero-order chi connectivity index (χ0) is 11.2. The molecule has 1 heterocycles. The van der Waals surface area contributed by atoms with Crippen molar-refractivity contribution >= 4 is 0 Å². The van der Waals surface area contributed by atoms with Gasteiger partial charge in [-0.15, -0.1) is 0 Å². The quantitative estimate of drug-likeness (QED) is 0.720. The van der Waals surface area contributed by atoms with E-state index < -0.39 is 0 Å². The van der Waals surface area contributed by atoms with E-state index in [-0.39, 0.29) is 0 Å². The minimum atomic E-state index is 0.731. The molecule has 1 aliphatic carbocycles. The first-order chi connectivity index (χ1) is 7.84. The maximum absolute atomic E-state index is 3.82. The molecule has 16 heavy (non-hydrogen) atoms. The predicted octanol–water partition coefficient (Wildman–Crippen LogP) is 2.69. The fourth-order valence-corrected chi connectivity index (χ4v) is 3.24. The van der Waals surface area contributed by atoms with Crippen molar-refractivity contribution in [1.29, 1.82) is 0 Å². The van der Waals surface area contributed by atoms with Gasteiger partial charge in [-0.3, -0.25) is 0 Å². The molecule has 0 spiro atoms. The lowest BCUT2D eigenvalue weighted by atomic mass is 9.93. The Labute approximate surface area is 101 Å². The van der Waals surface area contributed by atoms with Crippen LogP contribution in [0.15, 0.2) is 0 Å². The lowest BCUT2D eigenvalue weighted by Crippen LogP contribution is -2.41. The minimum Gasteiger partial charge on any atom is -0.314 e. The molecule has 2 heteroatoms. The van der Waals surface area contributed by atoms with Crippen LogP contribution in [0.4, 0.5) is 0 Å². The van der Waals surface area contributed by atoms with Gasteiger partial charge in [0, 0.05) is 12.1 Å². The van der Waals surface area contributed by atoms with E-state index in [1.165, 1.54) is 64.5 Å². The molecule has 0 aromatic carbocycles. The number of hydrogen-bond donors (Lipinski definition) is 2. The van der Waals surface area contributed by atoms with Gasteiger partial charge in [-0.25, -0.2) is 0 Å². The van der Waals surface area contributed by atoms with Gasteiger partial charge >= 0.3 is 0 Å². The van der Waals surface area contributed by atoms with Crippen molar-refractivity contribution in [2.24, 2.45) is 5.92 Å². The average molecular weight is 224 g/mol. The average Bonchev–Trinajstić information content (AvgIpc) is 2.55. The molecule has 0 radical (unpaired) electrons. The largest absolute Gasteiger partial charge is 0.314 e. The molecule has 0 aromatic heterocycles. The normalized spacial score (nSPS) is 33.6. The third kappa shape index (κ3) is 4.06. The van der Waals surface area contributed by atoms with Gasteiger partial charge in [-0.05, 0) is 51.6 Å². The van der Waals surface area contributed by atoms with Gasteiger partial charge in [0.2, 0.25) is 0 Å². The van der Waals surface area contributed by atoms with Crippen molar-refractivity contribution < 1.29 is 0 Å². The molecular weight excluding hydrogens is 196 g/mol. The van der Waals surface area contributed by atoms with Gasteiger partial charge in [0.15, 0.2) is 0 Å². The Hall–Kier alpha value is -0.0800. The van der Waals surface area contributed by atoms with Crippen LogP contribution in [0.1, 0.15) is 58.3 Å². The summed E-state index contributed by atoms with van der Waals surface area (Å²) in [4.78, 5) is 0. The zero-order valence-electron chi connectivity index (χ0n) is 10.8. The van der Waals surface area contributed by atoms with Gasteiger partial charge in [0.05, 0.1) is 0 Å². The summed E-state index contributed by atoms with van der Waals surface area (Å²) in [6.07, 6.45) is 11.4. The number of hydrogen-bond acceptors (Lipinski definition) is 2. The van der Waals surface area contributed by atoms with Crippen LogP contribution in [0.5, 0.6) is 0 Å². The summed E-state index contributed by atoms with van der Waals surface area (Å²) in [5.41, 5.74) is 0. The second kappa shape index (κ2) is 6.61. The third-order valence-corrected chi connectivity index (χ3v) is 4.28. The maximum Gasteiger partial charge on any atom is 0.00671 e. The molecule has 0 bridgehead atoms. The fraction of sp³-hybridized carbons (Fsp3) is 1.00. The molecule has 2 nitrogen and oxygen atoms in total. The Morgan fingerprint density at radius 3 is 2.50 bits per heavy atom. The van der Waals surface area contributed by atoms with Gasteiger partial charge < -0.3 is 10.6 Å². The SMILES string of the molecule is CC1CC(CNC2CCCCCC2)CCN1. The molecule has 1 aliphatic heterocycles. The van der Waals surface area contributed by atoms with Gasteiger partial charge in [0.1, 0.15) is 0 Å². The van der Waals surface area contributed by atoms with Crippen LogP contribution >= 0.6 is 0 Å². The number of rotatable bonds is 3. The lowest BCUT2D eigenvalue weighted by molar-refractivity contribution is 0.289. The smallest absolute Gasteiger partial charge is 0.00671 e. The van der Waals surface area contributed by atoms with E-state index in [1.807, 2.05) is 0 Å². The van der Waals surface area contributed by atoms with Gasteiger partial charge in [0.25, 0.3) is 0 Å². The van der Waals surface area contributed by atoms with Gasteiger partial charge in [-0.2, -0.15) is 0 Å². The molecule has 2 unspecified atom stereocenters. The second-order valence-electron chi connectivity index (χ2n) is 5.84. The Balaban J connectivity index is 1.65. The second-order valence-corrected chi connectivity index (χ2v) is 5.84. The van der Waals surface area contributed by atoms with Crippen LogP contribution in [0, 0.1) is 5.92 Å². The highest BCUT2D eigenvalue weighted by Crippen LogP contribution is 2.19. The summed E-state index contributed by atoms with van der Waals surface area (Å²) in [6, 6.07) is 1.56. The first kappa shape index (κ1) is 12.4. The Morgan fingerprint density at radius 1 is 1.06 bits per heavy atom. The number of nitrogens with one attached hydrogen (secondary N) is 2. The van der Waals surface area contributed by atoms with Crippen molar-refractivity contribution in [1.82, 2.24) is 10.6 Å². The molecular formula is C14H28N2. The van der Waals surface area contributed by atoms with Gasteiger partial charge in [-0.1, -0.05) is 25.7 Å². The van der Waals surface area contributed by atoms with Crippen LogP contribution in [0.3, 0.4) is 0 Å². The zero-order valence-corrected chi connectivity index (χ0v) is 10.8. The molecule has 94 valence electrons. The standard InChI is InChI=1S/C14H28N2/c1-12-10-13(8-9-15-12)11-16-14-6-4-2-3-5-7-14/h12-16H,2-11H2,1H3. The van der Waals surface area contributed by atoms with E-state index in [1.54, 1.807) is 0 Å². The third-order valence-electron chi connectivity index (χ3n) is 4.28. The van der Waals surface area contributed by atoms with Crippen molar-refractivity contribution in [2.75, 3.05) is 13.1 Å². The molecule has 0 aromatic rings. The maximum atomic E-state index is 3.82. The Bertz CT molecular complexity index is 183. The highest BCUT2D eigenvalue weighted by Gasteiger charge is 2.19. The van der Waals surface area contributed by atoms with E-state index in [0.29, 0.717) is 0 Å². The van der Waals surface area contributed by atoms with Crippen LogP contribution in [0.2, 0.25) is 0 Å². The van der Waals surface area contributed by atoms with Crippen LogP contribution in [-0.4, -0.2) is 25.2 Å². The Morgan fingerprint density at radius 2 is 1.81 bits per heavy atom. The summed E-state index contributed by atoms with van der Waals surface area (Å²) < 4.78 is 0. The van der Waals surface area contributed by atoms with Crippen LogP contribution < -0.4 is 10.6 Å². The van der Waals surface area contributed by atoms with E-state index in [9.17, 15) is 0 Å². The van der Waals surface area contributed by atoms with Crippen LogP contribution in [0.25, 0.3) is 0 Å². The predicted molar refractivity (Wildman–Crippen MR) is 69.7 cm³/mol. The van der Waals surface area contributed by atoms with E-state index >= 15 is 0 Å². The molecule has 1 saturated heterocycles. The van der Waals surface area contributed by atoms with E-state index in [0.717, 1.165) is 18.0 Å².